The normalized spacial score (nSPS) is 10.7. The van der Waals surface area contributed by atoms with Crippen molar-refractivity contribution < 1.29 is 14.7 Å². The van der Waals surface area contributed by atoms with Gasteiger partial charge >= 0.3 is 5.97 Å². The average Bonchev–Trinajstić information content (AvgIpc) is 3.17. The van der Waals surface area contributed by atoms with Gasteiger partial charge in [0.25, 0.3) is 0 Å². The Labute approximate surface area is 157 Å². The summed E-state index contributed by atoms with van der Waals surface area (Å²) in [5.74, 6) is -1.19. The van der Waals surface area contributed by atoms with E-state index in [1.807, 2.05) is 31.2 Å². The van der Waals surface area contributed by atoms with Crippen molar-refractivity contribution in [2.45, 2.75) is 20.0 Å². The molecule has 9 heteroatoms. The number of nitrogens with one attached hydrogen (secondary N) is 1. The van der Waals surface area contributed by atoms with Crippen LogP contribution in [0.3, 0.4) is 0 Å². The number of hydrogen-bond acceptors (Lipinski definition) is 4. The molecule has 0 aliphatic rings. The van der Waals surface area contributed by atoms with Gasteiger partial charge in [-0.25, -0.2) is 9.48 Å². The number of amides is 1. The lowest BCUT2D eigenvalue weighted by molar-refractivity contribution is -0.116. The SMILES string of the molecule is Cc1ccc(Cn2cc(Br)c(NC(=O)Cn3nccc3C(=O)O)n2)cc1. The van der Waals surface area contributed by atoms with Crippen LogP contribution in [-0.2, 0) is 17.9 Å². The number of rotatable bonds is 6. The molecule has 0 radical (unpaired) electrons. The molecule has 0 saturated heterocycles. The number of carboxylic acid groups (broad SMARTS) is 1. The van der Waals surface area contributed by atoms with E-state index in [1.165, 1.54) is 17.8 Å². The summed E-state index contributed by atoms with van der Waals surface area (Å²) in [4.78, 5) is 23.2. The first-order valence-corrected chi connectivity index (χ1v) is 8.55. The second kappa shape index (κ2) is 7.52. The minimum absolute atomic E-state index is 0.0517. The van der Waals surface area contributed by atoms with Crippen LogP contribution in [0, 0.1) is 6.92 Å². The maximum absolute atomic E-state index is 12.2. The van der Waals surface area contributed by atoms with Gasteiger partial charge in [-0.15, -0.1) is 0 Å². The van der Waals surface area contributed by atoms with Crippen LogP contribution in [0.1, 0.15) is 21.6 Å². The van der Waals surface area contributed by atoms with E-state index in [-0.39, 0.29) is 12.2 Å². The molecule has 8 nitrogen and oxygen atoms in total. The summed E-state index contributed by atoms with van der Waals surface area (Å²) in [6, 6.07) is 9.44. The van der Waals surface area contributed by atoms with Crippen LogP contribution in [0.2, 0.25) is 0 Å². The van der Waals surface area contributed by atoms with E-state index >= 15 is 0 Å². The van der Waals surface area contributed by atoms with E-state index in [2.05, 4.69) is 31.4 Å². The molecule has 0 spiro atoms. The molecule has 0 atom stereocenters. The first-order chi connectivity index (χ1) is 12.4. The summed E-state index contributed by atoms with van der Waals surface area (Å²) >= 11 is 3.37. The van der Waals surface area contributed by atoms with Crippen LogP contribution in [0.25, 0.3) is 0 Å². The molecule has 134 valence electrons. The lowest BCUT2D eigenvalue weighted by atomic mass is 10.1. The summed E-state index contributed by atoms with van der Waals surface area (Å²) in [5.41, 5.74) is 2.22. The molecule has 1 amide bonds. The number of aromatic nitrogens is 4. The van der Waals surface area contributed by atoms with E-state index in [1.54, 1.807) is 10.9 Å². The highest BCUT2D eigenvalue weighted by Crippen LogP contribution is 2.21. The van der Waals surface area contributed by atoms with Gasteiger partial charge in [0, 0.05) is 12.4 Å². The quantitative estimate of drug-likeness (QED) is 0.641. The zero-order valence-electron chi connectivity index (χ0n) is 13.9. The van der Waals surface area contributed by atoms with Gasteiger partial charge in [0.2, 0.25) is 5.91 Å². The first-order valence-electron chi connectivity index (χ1n) is 7.76. The average molecular weight is 418 g/mol. The fourth-order valence-electron chi connectivity index (χ4n) is 2.39. The predicted molar refractivity (Wildman–Crippen MR) is 98.0 cm³/mol. The molecular formula is C17H16BrN5O3. The second-order valence-electron chi connectivity index (χ2n) is 5.74. The van der Waals surface area contributed by atoms with Gasteiger partial charge in [-0.1, -0.05) is 29.8 Å². The minimum atomic E-state index is -1.14. The molecule has 0 unspecified atom stereocenters. The summed E-state index contributed by atoms with van der Waals surface area (Å²) in [5, 5.41) is 19.9. The summed E-state index contributed by atoms with van der Waals surface area (Å²) < 4.78 is 3.47. The lowest BCUT2D eigenvalue weighted by Gasteiger charge is -2.05. The Morgan fingerprint density at radius 2 is 1.96 bits per heavy atom. The Kier molecular flexibility index (Phi) is 5.17. The van der Waals surface area contributed by atoms with Gasteiger partial charge in [0.05, 0.1) is 11.0 Å². The molecular weight excluding hydrogens is 402 g/mol. The maximum Gasteiger partial charge on any atom is 0.354 e. The molecule has 3 rings (SSSR count). The largest absolute Gasteiger partial charge is 0.477 e. The first kappa shape index (κ1) is 17.9. The summed E-state index contributed by atoms with van der Waals surface area (Å²) in [6.45, 7) is 2.38. The molecule has 1 aromatic carbocycles. The molecule has 0 saturated carbocycles. The van der Waals surface area contributed by atoms with E-state index in [0.29, 0.717) is 16.8 Å². The molecule has 0 bridgehead atoms. The van der Waals surface area contributed by atoms with Crippen LogP contribution in [0.5, 0.6) is 0 Å². The molecule has 2 N–H and O–H groups in total. The van der Waals surface area contributed by atoms with Gasteiger partial charge in [0.15, 0.2) is 5.82 Å². The Morgan fingerprint density at radius 1 is 1.23 bits per heavy atom. The highest BCUT2D eigenvalue weighted by Gasteiger charge is 2.15. The minimum Gasteiger partial charge on any atom is -0.477 e. The number of anilines is 1. The van der Waals surface area contributed by atoms with Crippen LogP contribution in [-0.4, -0.2) is 36.5 Å². The number of aromatic carboxylic acids is 1. The van der Waals surface area contributed by atoms with E-state index < -0.39 is 11.9 Å². The van der Waals surface area contributed by atoms with Crippen molar-refractivity contribution in [3.05, 3.63) is 64.0 Å². The van der Waals surface area contributed by atoms with Crippen molar-refractivity contribution in [3.63, 3.8) is 0 Å². The highest BCUT2D eigenvalue weighted by atomic mass is 79.9. The Balaban J connectivity index is 1.67. The molecule has 0 aliphatic heterocycles. The fourth-order valence-corrected chi connectivity index (χ4v) is 2.81. The molecule has 3 aromatic rings. The monoisotopic (exact) mass is 417 g/mol. The highest BCUT2D eigenvalue weighted by molar-refractivity contribution is 9.10. The number of carbonyl (C=O) groups excluding carboxylic acids is 1. The third kappa shape index (κ3) is 4.17. The lowest BCUT2D eigenvalue weighted by Crippen LogP contribution is -2.22. The van der Waals surface area contributed by atoms with Crippen LogP contribution in [0.4, 0.5) is 5.82 Å². The number of carboxylic acids is 1. The smallest absolute Gasteiger partial charge is 0.354 e. The van der Waals surface area contributed by atoms with Crippen molar-refractivity contribution >= 4 is 33.6 Å². The van der Waals surface area contributed by atoms with Gasteiger partial charge in [0.1, 0.15) is 12.2 Å². The topological polar surface area (TPSA) is 102 Å². The second-order valence-corrected chi connectivity index (χ2v) is 6.59. The van der Waals surface area contributed by atoms with Gasteiger partial charge < -0.3 is 10.4 Å². The fraction of sp³-hybridized carbons (Fsp3) is 0.176. The van der Waals surface area contributed by atoms with Crippen molar-refractivity contribution in [2.24, 2.45) is 0 Å². The van der Waals surface area contributed by atoms with E-state index in [0.717, 1.165) is 10.2 Å². The van der Waals surface area contributed by atoms with E-state index in [9.17, 15) is 9.59 Å². The van der Waals surface area contributed by atoms with Crippen molar-refractivity contribution in [2.75, 3.05) is 5.32 Å². The van der Waals surface area contributed by atoms with Gasteiger partial charge in [-0.05, 0) is 34.5 Å². The molecule has 2 heterocycles. The van der Waals surface area contributed by atoms with Crippen LogP contribution >= 0.6 is 15.9 Å². The van der Waals surface area contributed by atoms with Crippen molar-refractivity contribution in [3.8, 4) is 0 Å². The Hall–Kier alpha value is -2.94. The molecule has 26 heavy (non-hydrogen) atoms. The molecule has 0 aliphatic carbocycles. The number of halogens is 1. The van der Waals surface area contributed by atoms with Crippen molar-refractivity contribution in [1.82, 2.24) is 19.6 Å². The number of nitrogens with zero attached hydrogens (tertiary/aromatic N) is 4. The van der Waals surface area contributed by atoms with Crippen LogP contribution in [0.15, 0.2) is 47.2 Å². The molecule has 0 fully saturated rings. The zero-order valence-corrected chi connectivity index (χ0v) is 15.5. The Bertz CT molecular complexity index is 946. The molecule has 2 aromatic heterocycles. The third-order valence-corrected chi connectivity index (χ3v) is 4.25. The number of hydrogen-bond donors (Lipinski definition) is 2. The standard InChI is InChI=1S/C17H16BrN5O3/c1-11-2-4-12(5-3-11)8-22-9-13(18)16(21-22)20-15(24)10-23-14(17(25)26)6-7-19-23/h2-7,9H,8,10H2,1H3,(H,25,26)(H,20,21,24). The number of carbonyl (C=O) groups is 2. The van der Waals surface area contributed by atoms with Crippen molar-refractivity contribution in [1.29, 1.82) is 0 Å². The van der Waals surface area contributed by atoms with Gasteiger partial charge in [-0.3, -0.25) is 9.48 Å². The Morgan fingerprint density at radius 3 is 2.65 bits per heavy atom. The van der Waals surface area contributed by atoms with Crippen LogP contribution < -0.4 is 5.32 Å². The van der Waals surface area contributed by atoms with Gasteiger partial charge in [-0.2, -0.15) is 10.2 Å². The predicted octanol–water partition coefficient (Wildman–Crippen LogP) is 2.54. The third-order valence-electron chi connectivity index (χ3n) is 3.67. The zero-order chi connectivity index (χ0) is 18.7. The van der Waals surface area contributed by atoms with E-state index in [4.69, 9.17) is 5.11 Å². The maximum atomic E-state index is 12.2. The summed E-state index contributed by atoms with van der Waals surface area (Å²) in [7, 11) is 0. The number of benzene rings is 1. The summed E-state index contributed by atoms with van der Waals surface area (Å²) in [6.07, 6.45) is 3.11. The number of aryl methyl sites for hydroxylation is 1.